The zero-order valence-corrected chi connectivity index (χ0v) is 18.4. The van der Waals surface area contributed by atoms with Crippen molar-refractivity contribution >= 4 is 23.3 Å². The summed E-state index contributed by atoms with van der Waals surface area (Å²) in [4.78, 5) is 25.7. The Labute approximate surface area is 187 Å². The van der Waals surface area contributed by atoms with Crippen LogP contribution in [0.2, 0.25) is 5.02 Å². The second-order valence-corrected chi connectivity index (χ2v) is 8.05. The number of aryl methyl sites for hydroxylation is 1. The molecule has 0 saturated carbocycles. The first-order valence-electron chi connectivity index (χ1n) is 10.4. The van der Waals surface area contributed by atoms with E-state index in [0.29, 0.717) is 36.3 Å². The van der Waals surface area contributed by atoms with E-state index in [4.69, 9.17) is 16.3 Å². The SMILES string of the molecule is CCc1ccc(C(=O)N2CCN(c3cc(Oc4cccc(Cl)c4)ncn3)CC2C)cc1. The Morgan fingerprint density at radius 2 is 1.94 bits per heavy atom. The third-order valence-corrected chi connectivity index (χ3v) is 5.70. The molecule has 1 fully saturated rings. The Morgan fingerprint density at radius 3 is 2.65 bits per heavy atom. The highest BCUT2D eigenvalue weighted by Crippen LogP contribution is 2.26. The lowest BCUT2D eigenvalue weighted by Gasteiger charge is -2.40. The van der Waals surface area contributed by atoms with Crippen LogP contribution in [0, 0.1) is 0 Å². The van der Waals surface area contributed by atoms with Gasteiger partial charge in [0.15, 0.2) is 0 Å². The van der Waals surface area contributed by atoms with Crippen LogP contribution in [0.5, 0.6) is 11.6 Å². The monoisotopic (exact) mass is 436 g/mol. The second kappa shape index (κ2) is 9.35. The van der Waals surface area contributed by atoms with E-state index < -0.39 is 0 Å². The minimum absolute atomic E-state index is 0.0550. The minimum atomic E-state index is 0.0550. The van der Waals surface area contributed by atoms with E-state index >= 15 is 0 Å². The molecule has 0 radical (unpaired) electrons. The standard InChI is InChI=1S/C24H25ClN4O2/c1-3-18-7-9-19(10-8-18)24(30)29-12-11-28(15-17(29)2)22-14-23(27-16-26-22)31-21-6-4-5-20(25)13-21/h4-10,13-14,16-17H,3,11-12,15H2,1-2H3. The van der Waals surface area contributed by atoms with Crippen molar-refractivity contribution in [3.05, 3.63) is 77.1 Å². The Hall–Kier alpha value is -3.12. The van der Waals surface area contributed by atoms with Crippen LogP contribution >= 0.6 is 11.6 Å². The Kier molecular flexibility index (Phi) is 6.37. The fourth-order valence-corrected chi connectivity index (χ4v) is 3.91. The molecule has 31 heavy (non-hydrogen) atoms. The van der Waals surface area contributed by atoms with E-state index in [2.05, 4.69) is 28.7 Å². The quantitative estimate of drug-likeness (QED) is 0.573. The topological polar surface area (TPSA) is 58.6 Å². The lowest BCUT2D eigenvalue weighted by Crippen LogP contribution is -2.54. The maximum absolute atomic E-state index is 13.0. The molecule has 160 valence electrons. The molecule has 0 bridgehead atoms. The molecule has 7 heteroatoms. The zero-order chi connectivity index (χ0) is 21.8. The zero-order valence-electron chi connectivity index (χ0n) is 17.7. The first-order chi connectivity index (χ1) is 15.0. The van der Waals surface area contributed by atoms with Gasteiger partial charge in [-0.05, 0) is 49.2 Å². The predicted octanol–water partition coefficient (Wildman–Crippen LogP) is 4.84. The Morgan fingerprint density at radius 1 is 1.13 bits per heavy atom. The summed E-state index contributed by atoms with van der Waals surface area (Å²) in [6.07, 6.45) is 2.46. The molecule has 1 saturated heterocycles. The fourth-order valence-electron chi connectivity index (χ4n) is 3.73. The molecular formula is C24H25ClN4O2. The van der Waals surface area contributed by atoms with Crippen molar-refractivity contribution in [3.63, 3.8) is 0 Å². The van der Waals surface area contributed by atoms with Gasteiger partial charge in [0.05, 0.1) is 0 Å². The van der Waals surface area contributed by atoms with Crippen LogP contribution in [0.25, 0.3) is 0 Å². The number of ether oxygens (including phenoxy) is 1. The number of hydrogen-bond acceptors (Lipinski definition) is 5. The normalized spacial score (nSPS) is 16.3. The van der Waals surface area contributed by atoms with Gasteiger partial charge in [0.2, 0.25) is 5.88 Å². The largest absolute Gasteiger partial charge is 0.439 e. The highest BCUT2D eigenvalue weighted by Gasteiger charge is 2.29. The molecule has 1 aliphatic rings. The number of nitrogens with zero attached hydrogens (tertiary/aromatic N) is 4. The van der Waals surface area contributed by atoms with Crippen LogP contribution in [0.1, 0.15) is 29.8 Å². The first-order valence-corrected chi connectivity index (χ1v) is 10.8. The maximum atomic E-state index is 13.0. The third-order valence-electron chi connectivity index (χ3n) is 5.47. The van der Waals surface area contributed by atoms with Gasteiger partial charge < -0.3 is 14.5 Å². The average molecular weight is 437 g/mol. The van der Waals surface area contributed by atoms with Crippen LogP contribution in [0.15, 0.2) is 60.9 Å². The molecule has 0 N–H and O–H groups in total. The minimum Gasteiger partial charge on any atom is -0.439 e. The molecule has 4 rings (SSSR count). The highest BCUT2D eigenvalue weighted by atomic mass is 35.5. The van der Waals surface area contributed by atoms with Gasteiger partial charge in [-0.25, -0.2) is 9.97 Å². The lowest BCUT2D eigenvalue weighted by atomic mass is 10.1. The molecule has 0 aliphatic carbocycles. The second-order valence-electron chi connectivity index (χ2n) is 7.62. The van der Waals surface area contributed by atoms with Crippen LogP contribution in [-0.2, 0) is 6.42 Å². The molecule has 2 heterocycles. The highest BCUT2D eigenvalue weighted by molar-refractivity contribution is 6.30. The number of benzene rings is 2. The summed E-state index contributed by atoms with van der Waals surface area (Å²) < 4.78 is 5.83. The van der Waals surface area contributed by atoms with Gasteiger partial charge in [-0.3, -0.25) is 4.79 Å². The number of amides is 1. The van der Waals surface area contributed by atoms with E-state index in [9.17, 15) is 4.79 Å². The summed E-state index contributed by atoms with van der Waals surface area (Å²) in [6.45, 7) is 6.18. The van der Waals surface area contributed by atoms with Gasteiger partial charge in [-0.2, -0.15) is 0 Å². The van der Waals surface area contributed by atoms with Crippen molar-refractivity contribution < 1.29 is 9.53 Å². The van der Waals surface area contributed by atoms with Crippen molar-refractivity contribution in [1.82, 2.24) is 14.9 Å². The Balaban J connectivity index is 1.43. The van der Waals surface area contributed by atoms with Crippen LogP contribution < -0.4 is 9.64 Å². The summed E-state index contributed by atoms with van der Waals surface area (Å²) in [5, 5.41) is 0.603. The number of anilines is 1. The lowest BCUT2D eigenvalue weighted by molar-refractivity contribution is 0.0673. The van der Waals surface area contributed by atoms with Gasteiger partial charge in [0, 0.05) is 42.3 Å². The van der Waals surface area contributed by atoms with Gasteiger partial charge in [0.25, 0.3) is 5.91 Å². The molecule has 1 amide bonds. The first kappa shape index (κ1) is 21.1. The number of aromatic nitrogens is 2. The molecule has 6 nitrogen and oxygen atoms in total. The molecule has 0 spiro atoms. The summed E-state index contributed by atoms with van der Waals surface area (Å²) >= 11 is 6.03. The molecule has 1 aromatic heterocycles. The van der Waals surface area contributed by atoms with Crippen molar-refractivity contribution in [2.75, 3.05) is 24.5 Å². The van der Waals surface area contributed by atoms with E-state index in [1.54, 1.807) is 12.1 Å². The molecule has 1 aliphatic heterocycles. The maximum Gasteiger partial charge on any atom is 0.254 e. The van der Waals surface area contributed by atoms with Gasteiger partial charge in [0.1, 0.15) is 17.9 Å². The van der Waals surface area contributed by atoms with Gasteiger partial charge in [-0.15, -0.1) is 0 Å². The summed E-state index contributed by atoms with van der Waals surface area (Å²) in [5.74, 6) is 1.92. The number of piperazine rings is 1. The molecule has 1 atom stereocenters. The van der Waals surface area contributed by atoms with Crippen molar-refractivity contribution in [2.24, 2.45) is 0 Å². The number of hydrogen-bond donors (Lipinski definition) is 0. The molecular weight excluding hydrogens is 412 g/mol. The molecule has 1 unspecified atom stereocenters. The summed E-state index contributed by atoms with van der Waals surface area (Å²) in [5.41, 5.74) is 1.96. The van der Waals surface area contributed by atoms with Crippen LogP contribution in [0.3, 0.4) is 0 Å². The van der Waals surface area contributed by atoms with E-state index in [1.165, 1.54) is 11.9 Å². The van der Waals surface area contributed by atoms with Crippen molar-refractivity contribution in [3.8, 4) is 11.6 Å². The molecule has 2 aromatic carbocycles. The van der Waals surface area contributed by atoms with Crippen molar-refractivity contribution in [2.45, 2.75) is 26.3 Å². The fraction of sp³-hybridized carbons (Fsp3) is 0.292. The number of carbonyl (C=O) groups excluding carboxylic acids is 1. The van der Waals surface area contributed by atoms with E-state index in [-0.39, 0.29) is 11.9 Å². The number of halogens is 1. The van der Waals surface area contributed by atoms with Crippen LogP contribution in [0.4, 0.5) is 5.82 Å². The average Bonchev–Trinajstić information content (AvgIpc) is 2.79. The van der Waals surface area contributed by atoms with Crippen molar-refractivity contribution in [1.29, 1.82) is 0 Å². The Bertz CT molecular complexity index is 1060. The van der Waals surface area contributed by atoms with Gasteiger partial charge >= 0.3 is 0 Å². The summed E-state index contributed by atoms with van der Waals surface area (Å²) in [6, 6.07) is 16.9. The van der Waals surface area contributed by atoms with E-state index in [0.717, 1.165) is 17.8 Å². The van der Waals surface area contributed by atoms with E-state index in [1.807, 2.05) is 47.4 Å². The smallest absolute Gasteiger partial charge is 0.254 e. The summed E-state index contributed by atoms with van der Waals surface area (Å²) in [7, 11) is 0. The molecule has 3 aromatic rings. The number of carbonyl (C=O) groups is 1. The van der Waals surface area contributed by atoms with Gasteiger partial charge in [-0.1, -0.05) is 36.7 Å². The number of rotatable bonds is 5. The third kappa shape index (κ3) is 4.97. The van der Waals surface area contributed by atoms with Crippen LogP contribution in [-0.4, -0.2) is 46.5 Å². The predicted molar refractivity (Wildman–Crippen MR) is 122 cm³/mol.